The number of imidazole rings is 1. The number of benzene rings is 3. The normalized spacial score (nSPS) is 16.0. The maximum atomic E-state index is 13.8. The van der Waals surface area contributed by atoms with Crippen LogP contribution in [-0.2, 0) is 13.1 Å². The summed E-state index contributed by atoms with van der Waals surface area (Å²) >= 11 is 0. The zero-order valence-electron chi connectivity index (χ0n) is 27.5. The van der Waals surface area contributed by atoms with Gasteiger partial charge in [-0.15, -0.1) is 0 Å². The van der Waals surface area contributed by atoms with Gasteiger partial charge in [-0.2, -0.15) is 0 Å². The molecule has 0 saturated heterocycles. The molecule has 4 N–H and O–H groups in total. The van der Waals surface area contributed by atoms with Gasteiger partial charge in [-0.25, -0.2) is 14.4 Å². The highest BCUT2D eigenvalue weighted by molar-refractivity contribution is 5.97. The molecule has 10 nitrogen and oxygen atoms in total. The van der Waals surface area contributed by atoms with Crippen molar-refractivity contribution in [3.63, 3.8) is 0 Å². The van der Waals surface area contributed by atoms with Crippen LogP contribution in [0.5, 0.6) is 17.2 Å². The predicted octanol–water partition coefficient (Wildman–Crippen LogP) is 6.34. The fraction of sp³-hybridized carbons (Fsp3) is 0.324. The quantitative estimate of drug-likeness (QED) is 0.143. The molecule has 0 atom stereocenters. The predicted molar refractivity (Wildman–Crippen MR) is 183 cm³/mol. The number of nitrogens with one attached hydrogen (secondary N) is 2. The Morgan fingerprint density at radius 1 is 0.938 bits per heavy atom. The number of amides is 1. The number of methoxy groups -OCH3 is 3. The average molecular weight is 653 g/mol. The lowest BCUT2D eigenvalue weighted by molar-refractivity contribution is 0.0947. The molecule has 5 aromatic rings. The summed E-state index contributed by atoms with van der Waals surface area (Å²) in [7, 11) is 4.72. The summed E-state index contributed by atoms with van der Waals surface area (Å²) in [5.74, 6) is 3.42. The minimum absolute atomic E-state index is 0.145. The van der Waals surface area contributed by atoms with Gasteiger partial charge in [0.05, 0.1) is 26.9 Å². The maximum absolute atomic E-state index is 13.8. The molecule has 0 unspecified atom stereocenters. The Morgan fingerprint density at radius 2 is 1.71 bits per heavy atom. The first kappa shape index (κ1) is 32.8. The minimum atomic E-state index is -0.504. The zero-order chi connectivity index (χ0) is 33.6. The van der Waals surface area contributed by atoms with Gasteiger partial charge in [-0.05, 0) is 74.0 Å². The summed E-state index contributed by atoms with van der Waals surface area (Å²) in [4.78, 5) is 22.9. The van der Waals surface area contributed by atoms with Crippen LogP contribution in [0, 0.1) is 11.7 Å². The molecule has 0 radical (unpaired) electrons. The number of ether oxygens (including phenoxy) is 3. The molecule has 1 amide bonds. The van der Waals surface area contributed by atoms with Crippen molar-refractivity contribution >= 4 is 17.2 Å². The Labute approximate surface area is 279 Å². The van der Waals surface area contributed by atoms with Crippen LogP contribution in [0.2, 0.25) is 0 Å². The van der Waals surface area contributed by atoms with Gasteiger partial charge in [0.15, 0.2) is 5.82 Å². The highest BCUT2D eigenvalue weighted by Crippen LogP contribution is 2.39. The maximum Gasteiger partial charge on any atom is 0.255 e. The number of carbonyl (C=O) groups is 1. The Bertz CT molecular complexity index is 1890. The van der Waals surface area contributed by atoms with Crippen LogP contribution in [0.1, 0.15) is 58.9 Å². The van der Waals surface area contributed by atoms with Gasteiger partial charge >= 0.3 is 0 Å². The van der Waals surface area contributed by atoms with Gasteiger partial charge in [-0.3, -0.25) is 9.20 Å². The van der Waals surface area contributed by atoms with E-state index < -0.39 is 11.7 Å². The van der Waals surface area contributed by atoms with Crippen LogP contribution >= 0.6 is 0 Å². The van der Waals surface area contributed by atoms with E-state index in [1.54, 1.807) is 20.4 Å². The number of carbonyl (C=O) groups excluding carboxylic acids is 1. The van der Waals surface area contributed by atoms with E-state index in [1.807, 2.05) is 48.7 Å². The molecule has 3 aromatic carbocycles. The van der Waals surface area contributed by atoms with Crippen LogP contribution in [0.15, 0.2) is 73.1 Å². The summed E-state index contributed by atoms with van der Waals surface area (Å²) in [5.41, 5.74) is 10.6. The third-order valence-electron chi connectivity index (χ3n) is 9.15. The van der Waals surface area contributed by atoms with Gasteiger partial charge < -0.3 is 30.6 Å². The van der Waals surface area contributed by atoms with Gasteiger partial charge in [-0.1, -0.05) is 24.3 Å². The minimum Gasteiger partial charge on any atom is -0.497 e. The Kier molecular flexibility index (Phi) is 10.1. The van der Waals surface area contributed by atoms with Crippen LogP contribution in [-0.4, -0.2) is 48.1 Å². The molecule has 11 heteroatoms. The Hall–Kier alpha value is -5.16. The van der Waals surface area contributed by atoms with E-state index in [0.29, 0.717) is 29.9 Å². The number of hydrogen-bond donors (Lipinski definition) is 3. The molecule has 1 aliphatic rings. The van der Waals surface area contributed by atoms with Crippen molar-refractivity contribution in [2.24, 2.45) is 11.7 Å². The third-order valence-corrected chi connectivity index (χ3v) is 9.15. The van der Waals surface area contributed by atoms with E-state index in [-0.39, 0.29) is 12.1 Å². The van der Waals surface area contributed by atoms with E-state index in [2.05, 4.69) is 15.0 Å². The molecule has 2 heterocycles. The SMILES string of the molecule is COc1ccc(CNc2nccn3c(C4CCC(CN)CC4)nc(-c4ccc(CNC(=O)c5cc(F)ccc5OC)cc4)c23)c(OC)c1. The average Bonchev–Trinajstić information content (AvgIpc) is 3.53. The Balaban J connectivity index is 1.29. The molecule has 0 bridgehead atoms. The first-order valence-electron chi connectivity index (χ1n) is 16.1. The van der Waals surface area contributed by atoms with Gasteiger partial charge in [0, 0.05) is 48.6 Å². The molecule has 6 rings (SSSR count). The van der Waals surface area contributed by atoms with Crippen molar-refractivity contribution in [1.82, 2.24) is 19.7 Å². The molecule has 0 aliphatic heterocycles. The topological polar surface area (TPSA) is 125 Å². The largest absolute Gasteiger partial charge is 0.497 e. The molecule has 1 saturated carbocycles. The Morgan fingerprint density at radius 3 is 2.42 bits per heavy atom. The van der Waals surface area contributed by atoms with Crippen molar-refractivity contribution < 1.29 is 23.4 Å². The van der Waals surface area contributed by atoms with Crippen LogP contribution in [0.25, 0.3) is 16.8 Å². The van der Waals surface area contributed by atoms with E-state index in [0.717, 1.165) is 77.5 Å². The van der Waals surface area contributed by atoms with Gasteiger partial charge in [0.25, 0.3) is 5.91 Å². The van der Waals surface area contributed by atoms with E-state index in [4.69, 9.17) is 29.9 Å². The lowest BCUT2D eigenvalue weighted by atomic mass is 9.81. The molecule has 48 heavy (non-hydrogen) atoms. The standard InChI is InChI=1S/C37H41FN6O4/c1-46-29-14-12-27(32(19-29)48-3)22-41-35-34-33(43-36(44(34)17-16-40-35)26-10-4-23(20-39)5-11-26)25-8-6-24(7-9-25)21-42-37(45)30-18-28(38)13-15-31(30)47-2/h6-9,12-19,23,26H,4-5,10-11,20-22,39H2,1-3H3,(H,40,41)(H,42,45). The third kappa shape index (κ3) is 6.91. The summed E-state index contributed by atoms with van der Waals surface area (Å²) in [6.07, 6.45) is 8.02. The van der Waals surface area contributed by atoms with Gasteiger partial charge in [0.1, 0.15) is 40.1 Å². The number of rotatable bonds is 12. The van der Waals surface area contributed by atoms with Crippen LogP contribution in [0.4, 0.5) is 10.2 Å². The van der Waals surface area contributed by atoms with Crippen LogP contribution < -0.4 is 30.6 Å². The van der Waals surface area contributed by atoms with E-state index in [9.17, 15) is 9.18 Å². The van der Waals surface area contributed by atoms with Gasteiger partial charge in [0.2, 0.25) is 0 Å². The number of hydrogen-bond acceptors (Lipinski definition) is 8. The molecular formula is C37H41FN6O4. The summed E-state index contributed by atoms with van der Waals surface area (Å²) < 4.78 is 32.2. The number of anilines is 1. The van der Waals surface area contributed by atoms with Crippen molar-refractivity contribution in [2.75, 3.05) is 33.2 Å². The molecule has 1 fully saturated rings. The smallest absolute Gasteiger partial charge is 0.255 e. The number of nitrogens with two attached hydrogens (primary N) is 1. The molecular weight excluding hydrogens is 611 g/mol. The number of nitrogens with zero attached hydrogens (tertiary/aromatic N) is 3. The highest BCUT2D eigenvalue weighted by Gasteiger charge is 2.27. The second-order valence-corrected chi connectivity index (χ2v) is 12.0. The second kappa shape index (κ2) is 14.7. The number of halogens is 1. The summed E-state index contributed by atoms with van der Waals surface area (Å²) in [5, 5.41) is 6.41. The molecule has 1 aliphatic carbocycles. The molecule has 250 valence electrons. The van der Waals surface area contributed by atoms with Crippen molar-refractivity contribution in [3.05, 3.63) is 101 Å². The monoisotopic (exact) mass is 652 g/mol. The number of aromatic nitrogens is 3. The fourth-order valence-corrected chi connectivity index (χ4v) is 6.43. The molecule has 0 spiro atoms. The summed E-state index contributed by atoms with van der Waals surface area (Å²) in [6, 6.07) is 17.6. The lowest BCUT2D eigenvalue weighted by Gasteiger charge is -2.26. The van der Waals surface area contributed by atoms with Crippen molar-refractivity contribution in [2.45, 2.75) is 44.7 Å². The second-order valence-electron chi connectivity index (χ2n) is 12.0. The summed E-state index contributed by atoms with van der Waals surface area (Å²) in [6.45, 7) is 1.46. The highest BCUT2D eigenvalue weighted by atomic mass is 19.1. The number of fused-ring (bicyclic) bond motifs is 1. The molecule has 2 aromatic heterocycles. The van der Waals surface area contributed by atoms with Crippen molar-refractivity contribution in [1.29, 1.82) is 0 Å². The van der Waals surface area contributed by atoms with Crippen molar-refractivity contribution in [3.8, 4) is 28.5 Å². The zero-order valence-corrected chi connectivity index (χ0v) is 27.5. The van der Waals surface area contributed by atoms with Crippen LogP contribution in [0.3, 0.4) is 0 Å². The van der Waals surface area contributed by atoms with E-state index in [1.165, 1.54) is 25.3 Å². The fourth-order valence-electron chi connectivity index (χ4n) is 6.43. The first-order chi connectivity index (χ1) is 23.4. The first-order valence-corrected chi connectivity index (χ1v) is 16.1. The van der Waals surface area contributed by atoms with E-state index >= 15 is 0 Å². The lowest BCUT2D eigenvalue weighted by Crippen LogP contribution is -2.23.